The van der Waals surface area contributed by atoms with Gasteiger partial charge in [-0.15, -0.1) is 6.58 Å². The van der Waals surface area contributed by atoms with E-state index in [-0.39, 0.29) is 12.5 Å². The average molecular weight is 268 g/mol. The molecule has 5 nitrogen and oxygen atoms in total. The number of carbonyl (C=O) groups is 2. The third kappa shape index (κ3) is 6.96. The number of nitrogens with zero attached hydrogens (tertiary/aromatic N) is 1. The summed E-state index contributed by atoms with van der Waals surface area (Å²) in [6.07, 6.45) is 7.77. The molecule has 1 rings (SSSR count). The summed E-state index contributed by atoms with van der Waals surface area (Å²) < 4.78 is 0. The molecule has 0 radical (unpaired) electrons. The Morgan fingerprint density at radius 2 is 2.00 bits per heavy atom. The van der Waals surface area contributed by atoms with Crippen LogP contribution in [0.1, 0.15) is 38.5 Å². The summed E-state index contributed by atoms with van der Waals surface area (Å²) in [7, 11) is 0. The number of amides is 1. The zero-order valence-electron chi connectivity index (χ0n) is 11.4. The number of carbonyl (C=O) groups excluding carboxylic acids is 1. The van der Waals surface area contributed by atoms with Crippen molar-refractivity contribution in [3.05, 3.63) is 12.7 Å². The summed E-state index contributed by atoms with van der Waals surface area (Å²) in [5.41, 5.74) is 0. The Morgan fingerprint density at radius 1 is 1.32 bits per heavy atom. The van der Waals surface area contributed by atoms with Gasteiger partial charge in [-0.1, -0.05) is 25.3 Å². The molecule has 1 aliphatic carbocycles. The highest BCUT2D eigenvalue weighted by Gasteiger charge is 2.16. The average Bonchev–Trinajstić information content (AvgIpc) is 2.37. The number of carboxylic acids is 1. The molecule has 1 amide bonds. The van der Waals surface area contributed by atoms with Gasteiger partial charge in [0, 0.05) is 25.6 Å². The lowest BCUT2D eigenvalue weighted by Crippen LogP contribution is -2.39. The molecule has 2 N–H and O–H groups in total. The van der Waals surface area contributed by atoms with E-state index >= 15 is 0 Å². The van der Waals surface area contributed by atoms with Crippen molar-refractivity contribution in [2.24, 2.45) is 0 Å². The zero-order valence-corrected chi connectivity index (χ0v) is 11.4. The van der Waals surface area contributed by atoms with Crippen LogP contribution < -0.4 is 5.32 Å². The van der Waals surface area contributed by atoms with Crippen LogP contribution in [0.4, 0.5) is 0 Å². The Labute approximate surface area is 114 Å². The Kier molecular flexibility index (Phi) is 7.18. The van der Waals surface area contributed by atoms with Crippen molar-refractivity contribution in [1.82, 2.24) is 10.2 Å². The summed E-state index contributed by atoms with van der Waals surface area (Å²) in [5.74, 6) is -0.860. The molecule has 0 atom stereocenters. The highest BCUT2D eigenvalue weighted by Crippen LogP contribution is 2.17. The van der Waals surface area contributed by atoms with Gasteiger partial charge < -0.3 is 10.4 Å². The summed E-state index contributed by atoms with van der Waals surface area (Å²) in [6, 6.07) is 0.313. The molecule has 0 saturated heterocycles. The van der Waals surface area contributed by atoms with Crippen LogP contribution in [0.3, 0.4) is 0 Å². The Balaban J connectivity index is 2.25. The SMILES string of the molecule is C=CCN(CCC(=O)NC1CCCCC1)CC(=O)O. The van der Waals surface area contributed by atoms with E-state index in [1.807, 2.05) is 0 Å². The maximum Gasteiger partial charge on any atom is 0.317 e. The minimum atomic E-state index is -0.880. The standard InChI is InChI=1S/C14H24N2O3/c1-2-9-16(11-14(18)19)10-8-13(17)15-12-6-4-3-5-7-12/h2,12H,1,3-11H2,(H,15,17)(H,18,19). The van der Waals surface area contributed by atoms with Gasteiger partial charge in [0.25, 0.3) is 0 Å². The predicted octanol–water partition coefficient (Wildman–Crippen LogP) is 1.40. The fourth-order valence-electron chi connectivity index (χ4n) is 2.42. The van der Waals surface area contributed by atoms with Crippen molar-refractivity contribution in [3.63, 3.8) is 0 Å². The maximum atomic E-state index is 11.8. The van der Waals surface area contributed by atoms with Crippen molar-refractivity contribution in [2.45, 2.75) is 44.6 Å². The van der Waals surface area contributed by atoms with Crippen LogP contribution in [0.2, 0.25) is 0 Å². The number of carboxylic acid groups (broad SMARTS) is 1. The molecule has 0 heterocycles. The van der Waals surface area contributed by atoms with Gasteiger partial charge in [0.05, 0.1) is 6.54 Å². The number of hydrogen-bond acceptors (Lipinski definition) is 3. The molecule has 0 aliphatic heterocycles. The van der Waals surface area contributed by atoms with E-state index < -0.39 is 5.97 Å². The van der Waals surface area contributed by atoms with Crippen LogP contribution in [0, 0.1) is 0 Å². The van der Waals surface area contributed by atoms with Crippen molar-refractivity contribution >= 4 is 11.9 Å². The van der Waals surface area contributed by atoms with Crippen LogP contribution in [-0.2, 0) is 9.59 Å². The topological polar surface area (TPSA) is 69.6 Å². The van der Waals surface area contributed by atoms with Gasteiger partial charge >= 0.3 is 5.97 Å². The number of aliphatic carboxylic acids is 1. The lowest BCUT2D eigenvalue weighted by Gasteiger charge is -2.23. The quantitative estimate of drug-likeness (QED) is 0.653. The van der Waals surface area contributed by atoms with Gasteiger partial charge in [-0.2, -0.15) is 0 Å². The minimum absolute atomic E-state index is 0.0198. The summed E-state index contributed by atoms with van der Waals surface area (Å²) >= 11 is 0. The van der Waals surface area contributed by atoms with Gasteiger partial charge in [-0.25, -0.2) is 0 Å². The van der Waals surface area contributed by atoms with Crippen LogP contribution >= 0.6 is 0 Å². The van der Waals surface area contributed by atoms with Crippen molar-refractivity contribution in [1.29, 1.82) is 0 Å². The van der Waals surface area contributed by atoms with Gasteiger partial charge in [0.1, 0.15) is 0 Å². The van der Waals surface area contributed by atoms with E-state index in [1.54, 1.807) is 11.0 Å². The van der Waals surface area contributed by atoms with E-state index in [4.69, 9.17) is 5.11 Å². The minimum Gasteiger partial charge on any atom is -0.480 e. The fraction of sp³-hybridized carbons (Fsp3) is 0.714. The first-order valence-corrected chi connectivity index (χ1v) is 6.96. The van der Waals surface area contributed by atoms with Gasteiger partial charge in [-0.05, 0) is 12.8 Å². The highest BCUT2D eigenvalue weighted by atomic mass is 16.4. The van der Waals surface area contributed by atoms with Gasteiger partial charge in [0.15, 0.2) is 0 Å². The Morgan fingerprint density at radius 3 is 2.58 bits per heavy atom. The third-order valence-corrected chi connectivity index (χ3v) is 3.37. The lowest BCUT2D eigenvalue weighted by atomic mass is 9.95. The second-order valence-electron chi connectivity index (χ2n) is 5.07. The molecule has 1 aliphatic rings. The molecule has 19 heavy (non-hydrogen) atoms. The molecular formula is C14H24N2O3. The van der Waals surface area contributed by atoms with E-state index in [0.29, 0.717) is 25.6 Å². The lowest BCUT2D eigenvalue weighted by molar-refractivity contribution is -0.138. The highest BCUT2D eigenvalue weighted by molar-refractivity contribution is 5.76. The molecule has 1 fully saturated rings. The maximum absolute atomic E-state index is 11.8. The fourth-order valence-corrected chi connectivity index (χ4v) is 2.42. The predicted molar refractivity (Wildman–Crippen MR) is 73.9 cm³/mol. The number of rotatable bonds is 8. The van der Waals surface area contributed by atoms with Crippen LogP contribution in [-0.4, -0.2) is 47.6 Å². The van der Waals surface area contributed by atoms with E-state index in [2.05, 4.69) is 11.9 Å². The number of nitrogens with one attached hydrogen (secondary N) is 1. The second-order valence-corrected chi connectivity index (χ2v) is 5.07. The molecule has 0 unspecified atom stereocenters. The Bertz CT molecular complexity index is 312. The molecule has 0 aromatic heterocycles. The normalized spacial score (nSPS) is 16.3. The van der Waals surface area contributed by atoms with Crippen molar-refractivity contribution in [3.8, 4) is 0 Å². The van der Waals surface area contributed by atoms with E-state index in [0.717, 1.165) is 12.8 Å². The van der Waals surface area contributed by atoms with E-state index in [1.165, 1.54) is 19.3 Å². The molecular weight excluding hydrogens is 244 g/mol. The largest absolute Gasteiger partial charge is 0.480 e. The third-order valence-electron chi connectivity index (χ3n) is 3.37. The zero-order chi connectivity index (χ0) is 14.1. The monoisotopic (exact) mass is 268 g/mol. The van der Waals surface area contributed by atoms with E-state index in [9.17, 15) is 9.59 Å². The first-order valence-electron chi connectivity index (χ1n) is 6.96. The Hall–Kier alpha value is -1.36. The summed E-state index contributed by atoms with van der Waals surface area (Å²) in [5, 5.41) is 11.8. The first kappa shape index (κ1) is 15.7. The first-order chi connectivity index (χ1) is 9.11. The van der Waals surface area contributed by atoms with Crippen LogP contribution in [0.15, 0.2) is 12.7 Å². The molecule has 108 valence electrons. The van der Waals surface area contributed by atoms with Gasteiger partial charge in [0.2, 0.25) is 5.91 Å². The van der Waals surface area contributed by atoms with Gasteiger partial charge in [-0.3, -0.25) is 14.5 Å². The molecule has 0 aromatic carbocycles. The molecule has 0 bridgehead atoms. The molecule has 1 saturated carbocycles. The van der Waals surface area contributed by atoms with Crippen molar-refractivity contribution < 1.29 is 14.7 Å². The number of hydrogen-bond donors (Lipinski definition) is 2. The second kappa shape index (κ2) is 8.69. The smallest absolute Gasteiger partial charge is 0.317 e. The van der Waals surface area contributed by atoms with Crippen LogP contribution in [0.5, 0.6) is 0 Å². The molecule has 0 spiro atoms. The molecule has 5 heteroatoms. The summed E-state index contributed by atoms with van der Waals surface area (Å²) in [6.45, 7) is 4.48. The van der Waals surface area contributed by atoms with Crippen molar-refractivity contribution in [2.75, 3.05) is 19.6 Å². The summed E-state index contributed by atoms with van der Waals surface area (Å²) in [4.78, 5) is 24.2. The van der Waals surface area contributed by atoms with Crippen LogP contribution in [0.25, 0.3) is 0 Å². The molecule has 0 aromatic rings.